The highest BCUT2D eigenvalue weighted by Gasteiger charge is 2.23. The van der Waals surface area contributed by atoms with Gasteiger partial charge in [-0.25, -0.2) is 4.98 Å². The first kappa shape index (κ1) is 22.6. The number of hydrogen-bond donors (Lipinski definition) is 1. The summed E-state index contributed by atoms with van der Waals surface area (Å²) in [5, 5.41) is 4.06. The summed E-state index contributed by atoms with van der Waals surface area (Å²) in [5.74, 6) is 0.267. The SMILES string of the molecule is CCc1ccccc1NC(=O)CN1CCN(C(=O)CSc2nc3cc(Cl)ccc3o2)CC1. The van der Waals surface area contributed by atoms with Crippen LogP contribution in [-0.2, 0) is 16.0 Å². The number of para-hydroxylation sites is 1. The van der Waals surface area contributed by atoms with Gasteiger partial charge in [-0.05, 0) is 36.2 Å². The second-order valence-electron chi connectivity index (χ2n) is 7.60. The van der Waals surface area contributed by atoms with Crippen molar-refractivity contribution >= 4 is 52.0 Å². The third-order valence-corrected chi connectivity index (χ3v) is 6.46. The molecule has 7 nitrogen and oxygen atoms in total. The van der Waals surface area contributed by atoms with E-state index in [0.29, 0.717) is 54.1 Å². The molecule has 2 heterocycles. The molecule has 0 saturated carbocycles. The predicted molar refractivity (Wildman–Crippen MR) is 127 cm³/mol. The number of oxazole rings is 1. The Morgan fingerprint density at radius 1 is 1.16 bits per heavy atom. The van der Waals surface area contributed by atoms with Gasteiger partial charge >= 0.3 is 0 Å². The zero-order valence-corrected chi connectivity index (χ0v) is 19.4. The van der Waals surface area contributed by atoms with Gasteiger partial charge in [0.2, 0.25) is 11.8 Å². The Kier molecular flexibility index (Phi) is 7.34. The number of rotatable bonds is 7. The number of fused-ring (bicyclic) bond motifs is 1. The van der Waals surface area contributed by atoms with Gasteiger partial charge in [0.25, 0.3) is 5.22 Å². The highest BCUT2D eigenvalue weighted by molar-refractivity contribution is 7.99. The quantitative estimate of drug-likeness (QED) is 0.525. The van der Waals surface area contributed by atoms with Crippen LogP contribution in [0.5, 0.6) is 0 Å². The molecule has 3 aromatic rings. The number of piperazine rings is 1. The Morgan fingerprint density at radius 2 is 1.94 bits per heavy atom. The maximum absolute atomic E-state index is 12.6. The van der Waals surface area contributed by atoms with Gasteiger partial charge in [-0.2, -0.15) is 0 Å². The molecule has 9 heteroatoms. The van der Waals surface area contributed by atoms with E-state index in [2.05, 4.69) is 22.1 Å². The first-order valence-electron chi connectivity index (χ1n) is 10.6. The Labute approximate surface area is 196 Å². The molecule has 1 aliphatic heterocycles. The van der Waals surface area contributed by atoms with Gasteiger partial charge in [0.15, 0.2) is 5.58 Å². The van der Waals surface area contributed by atoms with Crippen LogP contribution in [0, 0.1) is 0 Å². The monoisotopic (exact) mass is 472 g/mol. The average molecular weight is 473 g/mol. The van der Waals surface area contributed by atoms with Gasteiger partial charge in [0, 0.05) is 36.9 Å². The maximum Gasteiger partial charge on any atom is 0.257 e. The minimum absolute atomic E-state index is 0.0303. The van der Waals surface area contributed by atoms with Crippen molar-refractivity contribution in [2.75, 3.05) is 43.8 Å². The third kappa shape index (κ3) is 5.62. The maximum atomic E-state index is 12.6. The van der Waals surface area contributed by atoms with Crippen LogP contribution in [-0.4, -0.2) is 65.1 Å². The molecule has 0 aliphatic carbocycles. The topological polar surface area (TPSA) is 78.7 Å². The standard InChI is InChI=1S/C23H25ClN4O3S/c1-2-16-5-3-4-6-18(16)25-21(29)14-27-9-11-28(12-10-27)22(30)15-32-23-26-19-13-17(24)7-8-20(19)31-23/h3-8,13H,2,9-12,14-15H2,1H3,(H,25,29). The van der Waals surface area contributed by atoms with E-state index in [4.69, 9.17) is 16.0 Å². The van der Waals surface area contributed by atoms with Crippen molar-refractivity contribution in [3.05, 3.63) is 53.1 Å². The minimum atomic E-state index is -0.0303. The number of amides is 2. The van der Waals surface area contributed by atoms with Crippen LogP contribution in [0.25, 0.3) is 11.1 Å². The summed E-state index contributed by atoms with van der Waals surface area (Å²) < 4.78 is 5.66. The summed E-state index contributed by atoms with van der Waals surface area (Å²) >= 11 is 7.26. The largest absolute Gasteiger partial charge is 0.431 e. The molecule has 1 aliphatic rings. The van der Waals surface area contributed by atoms with Crippen molar-refractivity contribution in [1.29, 1.82) is 0 Å². The molecule has 0 atom stereocenters. The van der Waals surface area contributed by atoms with E-state index in [1.54, 1.807) is 18.2 Å². The molecule has 4 rings (SSSR count). The summed E-state index contributed by atoms with van der Waals surface area (Å²) in [7, 11) is 0. The molecule has 1 saturated heterocycles. The molecule has 1 aromatic heterocycles. The number of aromatic nitrogens is 1. The van der Waals surface area contributed by atoms with Crippen LogP contribution in [0.4, 0.5) is 5.69 Å². The van der Waals surface area contributed by atoms with Crippen molar-refractivity contribution < 1.29 is 14.0 Å². The Bertz CT molecular complexity index is 1110. The van der Waals surface area contributed by atoms with Crippen LogP contribution >= 0.6 is 23.4 Å². The molecule has 0 radical (unpaired) electrons. The summed E-state index contributed by atoms with van der Waals surface area (Å²) in [6.07, 6.45) is 0.868. The van der Waals surface area contributed by atoms with Crippen LogP contribution in [0.2, 0.25) is 5.02 Å². The predicted octanol–water partition coefficient (Wildman–Crippen LogP) is 3.92. The first-order chi connectivity index (χ1) is 15.5. The third-order valence-electron chi connectivity index (χ3n) is 5.41. The summed E-state index contributed by atoms with van der Waals surface area (Å²) in [6.45, 7) is 4.92. The number of aryl methyl sites for hydroxylation is 1. The number of hydrogen-bond acceptors (Lipinski definition) is 6. The van der Waals surface area contributed by atoms with Crippen molar-refractivity contribution in [2.24, 2.45) is 0 Å². The van der Waals surface area contributed by atoms with Crippen molar-refractivity contribution in [3.63, 3.8) is 0 Å². The van der Waals surface area contributed by atoms with Crippen LogP contribution in [0.1, 0.15) is 12.5 Å². The number of benzene rings is 2. The van der Waals surface area contributed by atoms with Crippen molar-refractivity contribution in [2.45, 2.75) is 18.6 Å². The zero-order chi connectivity index (χ0) is 22.5. The Balaban J connectivity index is 1.22. The van der Waals surface area contributed by atoms with E-state index in [1.807, 2.05) is 29.2 Å². The zero-order valence-electron chi connectivity index (χ0n) is 17.8. The van der Waals surface area contributed by atoms with E-state index < -0.39 is 0 Å². The van der Waals surface area contributed by atoms with Crippen LogP contribution in [0.3, 0.4) is 0 Å². The van der Waals surface area contributed by atoms with E-state index in [0.717, 1.165) is 17.7 Å². The fraction of sp³-hybridized carbons (Fsp3) is 0.348. The summed E-state index contributed by atoms with van der Waals surface area (Å²) in [6, 6.07) is 13.1. The second-order valence-corrected chi connectivity index (χ2v) is 8.96. The van der Waals surface area contributed by atoms with E-state index in [9.17, 15) is 9.59 Å². The van der Waals surface area contributed by atoms with Gasteiger partial charge in [0.1, 0.15) is 5.52 Å². The lowest BCUT2D eigenvalue weighted by Crippen LogP contribution is -2.50. The fourth-order valence-electron chi connectivity index (χ4n) is 3.65. The van der Waals surface area contributed by atoms with Crippen molar-refractivity contribution in [1.82, 2.24) is 14.8 Å². The number of nitrogens with zero attached hydrogens (tertiary/aromatic N) is 3. The van der Waals surface area contributed by atoms with E-state index in [1.165, 1.54) is 11.8 Å². The summed E-state index contributed by atoms with van der Waals surface area (Å²) in [5.41, 5.74) is 3.32. The molecule has 168 valence electrons. The van der Waals surface area contributed by atoms with Gasteiger partial charge in [-0.3, -0.25) is 14.5 Å². The van der Waals surface area contributed by atoms with Gasteiger partial charge in [0.05, 0.1) is 12.3 Å². The molecule has 2 amide bonds. The molecular formula is C23H25ClN4O3S. The highest BCUT2D eigenvalue weighted by atomic mass is 35.5. The normalized spacial score (nSPS) is 14.6. The molecule has 32 heavy (non-hydrogen) atoms. The Morgan fingerprint density at radius 3 is 2.72 bits per heavy atom. The van der Waals surface area contributed by atoms with Crippen LogP contribution in [0.15, 0.2) is 52.1 Å². The molecule has 1 N–H and O–H groups in total. The minimum Gasteiger partial charge on any atom is -0.431 e. The van der Waals surface area contributed by atoms with Gasteiger partial charge < -0.3 is 14.6 Å². The smallest absolute Gasteiger partial charge is 0.257 e. The highest BCUT2D eigenvalue weighted by Crippen LogP contribution is 2.26. The molecule has 1 fully saturated rings. The number of nitrogens with one attached hydrogen (secondary N) is 1. The van der Waals surface area contributed by atoms with Gasteiger partial charge in [-0.15, -0.1) is 0 Å². The lowest BCUT2D eigenvalue weighted by Gasteiger charge is -2.34. The Hall–Kier alpha value is -2.55. The molecular weight excluding hydrogens is 448 g/mol. The lowest BCUT2D eigenvalue weighted by atomic mass is 10.1. The summed E-state index contributed by atoms with van der Waals surface area (Å²) in [4.78, 5) is 33.3. The molecule has 0 unspecified atom stereocenters. The molecule has 0 bridgehead atoms. The lowest BCUT2D eigenvalue weighted by molar-refractivity contribution is -0.130. The van der Waals surface area contributed by atoms with E-state index >= 15 is 0 Å². The first-order valence-corrected chi connectivity index (χ1v) is 11.9. The number of carbonyl (C=O) groups is 2. The fourth-order valence-corrected chi connectivity index (χ4v) is 4.56. The van der Waals surface area contributed by atoms with Crippen molar-refractivity contribution in [3.8, 4) is 0 Å². The molecule has 0 spiro atoms. The average Bonchev–Trinajstić information content (AvgIpc) is 3.20. The number of carbonyl (C=O) groups excluding carboxylic acids is 2. The van der Waals surface area contributed by atoms with Gasteiger partial charge in [-0.1, -0.05) is 48.5 Å². The number of halogens is 1. The molecule has 2 aromatic carbocycles. The van der Waals surface area contributed by atoms with Crippen LogP contribution < -0.4 is 5.32 Å². The second kappa shape index (κ2) is 10.4. The number of thioether (sulfide) groups is 1. The van der Waals surface area contributed by atoms with E-state index in [-0.39, 0.29) is 17.6 Å². The number of anilines is 1.